The third-order valence-electron chi connectivity index (χ3n) is 7.08. The zero-order valence-electron chi connectivity index (χ0n) is 21.6. The van der Waals surface area contributed by atoms with Crippen molar-refractivity contribution in [2.24, 2.45) is 0 Å². The maximum absolute atomic E-state index is 14.2. The number of rotatable bonds is 8. The number of halogens is 2. The molecule has 3 N–H and O–H groups in total. The first kappa shape index (κ1) is 27.8. The molecular weight excluding hydrogens is 598 g/mol. The monoisotopic (exact) mass is 625 g/mol. The lowest BCUT2D eigenvalue weighted by molar-refractivity contribution is -0.129. The SMILES string of the molecule is Cc1ccc(SC2(C(=O)N[C@H](C)CO)CC(=O)N(Cc3ccc(Br)cc3)[C@H]2c2c[nH]c3cc(Cl)ccc23)cc1. The summed E-state index contributed by atoms with van der Waals surface area (Å²) in [6, 6.07) is 20.4. The van der Waals surface area contributed by atoms with E-state index in [0.29, 0.717) is 11.6 Å². The van der Waals surface area contributed by atoms with Crippen LogP contribution in [0.2, 0.25) is 5.02 Å². The summed E-state index contributed by atoms with van der Waals surface area (Å²) in [5.74, 6) is -0.396. The van der Waals surface area contributed by atoms with E-state index in [9.17, 15) is 14.7 Å². The summed E-state index contributed by atoms with van der Waals surface area (Å²) in [6.45, 7) is 3.90. The van der Waals surface area contributed by atoms with E-state index in [4.69, 9.17) is 11.6 Å². The van der Waals surface area contributed by atoms with Gasteiger partial charge in [-0.3, -0.25) is 9.59 Å². The van der Waals surface area contributed by atoms with Crippen LogP contribution in [0.4, 0.5) is 0 Å². The highest BCUT2D eigenvalue weighted by molar-refractivity contribution is 9.10. The van der Waals surface area contributed by atoms with Crippen LogP contribution in [0.15, 0.2) is 82.3 Å². The van der Waals surface area contributed by atoms with Gasteiger partial charge < -0.3 is 20.3 Å². The Hall–Kier alpha value is -2.78. The van der Waals surface area contributed by atoms with E-state index >= 15 is 0 Å². The molecule has 0 bridgehead atoms. The number of nitrogens with zero attached hydrogens (tertiary/aromatic N) is 1. The van der Waals surface area contributed by atoms with E-state index in [2.05, 4.69) is 26.2 Å². The van der Waals surface area contributed by atoms with Gasteiger partial charge in [0.1, 0.15) is 4.75 Å². The van der Waals surface area contributed by atoms with E-state index in [0.717, 1.165) is 37.0 Å². The number of nitrogens with one attached hydrogen (secondary N) is 2. The van der Waals surface area contributed by atoms with Gasteiger partial charge in [0.25, 0.3) is 0 Å². The van der Waals surface area contributed by atoms with Gasteiger partial charge in [0, 0.05) is 49.6 Å². The summed E-state index contributed by atoms with van der Waals surface area (Å²) in [4.78, 5) is 34.1. The minimum atomic E-state index is -1.19. The summed E-state index contributed by atoms with van der Waals surface area (Å²) in [6.07, 6.45) is 1.89. The maximum Gasteiger partial charge on any atom is 0.239 e. The van der Waals surface area contributed by atoms with Crippen LogP contribution in [0.5, 0.6) is 0 Å². The van der Waals surface area contributed by atoms with Crippen molar-refractivity contribution in [1.82, 2.24) is 15.2 Å². The first-order chi connectivity index (χ1) is 18.7. The molecule has 0 radical (unpaired) electrons. The normalized spacial score (nSPS) is 20.0. The van der Waals surface area contributed by atoms with Crippen molar-refractivity contribution in [2.45, 2.75) is 48.5 Å². The van der Waals surface area contributed by atoms with Crippen molar-refractivity contribution < 1.29 is 14.7 Å². The predicted octanol–water partition coefficient (Wildman–Crippen LogP) is 6.39. The minimum absolute atomic E-state index is 0.0109. The van der Waals surface area contributed by atoms with Crippen molar-refractivity contribution in [3.8, 4) is 0 Å². The van der Waals surface area contributed by atoms with E-state index in [1.807, 2.05) is 84.8 Å². The van der Waals surface area contributed by atoms with Crippen LogP contribution in [-0.4, -0.2) is 44.2 Å². The second kappa shape index (κ2) is 11.4. The molecule has 1 fully saturated rings. The number of likely N-dealkylation sites (tertiary alicyclic amines) is 1. The Morgan fingerprint density at radius 3 is 2.62 bits per heavy atom. The lowest BCUT2D eigenvalue weighted by Crippen LogP contribution is -2.51. The van der Waals surface area contributed by atoms with Gasteiger partial charge in [-0.2, -0.15) is 0 Å². The number of carbonyl (C=O) groups excluding carboxylic acids is 2. The third-order valence-corrected chi connectivity index (χ3v) is 9.27. The van der Waals surface area contributed by atoms with Crippen LogP contribution in [0, 0.1) is 6.92 Å². The lowest BCUT2D eigenvalue weighted by atomic mass is 9.90. The first-order valence-electron chi connectivity index (χ1n) is 12.7. The molecule has 1 saturated heterocycles. The average Bonchev–Trinajstić information content (AvgIpc) is 3.44. The van der Waals surface area contributed by atoms with Gasteiger partial charge >= 0.3 is 0 Å². The molecule has 39 heavy (non-hydrogen) atoms. The zero-order valence-corrected chi connectivity index (χ0v) is 24.7. The number of aliphatic hydroxyl groups is 1. The Balaban J connectivity index is 1.69. The molecule has 202 valence electrons. The molecule has 3 aromatic carbocycles. The number of H-pyrrole nitrogens is 1. The van der Waals surface area contributed by atoms with Gasteiger partial charge in [-0.15, -0.1) is 11.8 Å². The molecule has 9 heteroatoms. The average molecular weight is 627 g/mol. The van der Waals surface area contributed by atoms with Crippen LogP contribution in [0.25, 0.3) is 10.9 Å². The van der Waals surface area contributed by atoms with Crippen LogP contribution in [-0.2, 0) is 16.1 Å². The second-order valence-electron chi connectivity index (χ2n) is 10.0. The van der Waals surface area contributed by atoms with E-state index in [1.54, 1.807) is 6.92 Å². The highest BCUT2D eigenvalue weighted by atomic mass is 79.9. The Morgan fingerprint density at radius 2 is 1.92 bits per heavy atom. The second-order valence-corrected chi connectivity index (χ2v) is 12.8. The number of thioether (sulfide) groups is 1. The number of carbonyl (C=O) groups is 2. The number of aliphatic hydroxyl groups excluding tert-OH is 1. The van der Waals surface area contributed by atoms with Crippen LogP contribution in [0.1, 0.15) is 36.1 Å². The first-order valence-corrected chi connectivity index (χ1v) is 14.7. The van der Waals surface area contributed by atoms with Crippen molar-refractivity contribution in [3.05, 3.63) is 99.1 Å². The standard InChI is InChI=1S/C30H29BrClN3O3S/c1-18-3-10-23(11-4-18)39-30(29(38)34-19(2)17-36)14-27(37)35(16-20-5-7-21(31)8-6-20)28(30)25-15-33-26-13-22(32)9-12-24(25)26/h3-13,15,19,28,33,36H,14,16-17H2,1-2H3,(H,34,38)/t19-,28+,30?/m1/s1. The summed E-state index contributed by atoms with van der Waals surface area (Å²) >= 11 is 11.2. The van der Waals surface area contributed by atoms with Crippen molar-refractivity contribution in [1.29, 1.82) is 0 Å². The number of aryl methyl sites for hydroxylation is 1. The van der Waals surface area contributed by atoms with Gasteiger partial charge in [-0.05, 0) is 55.8 Å². The number of hydrogen-bond donors (Lipinski definition) is 3. The molecule has 1 aliphatic rings. The minimum Gasteiger partial charge on any atom is -0.394 e. The molecule has 1 aliphatic heterocycles. The predicted molar refractivity (Wildman–Crippen MR) is 160 cm³/mol. The number of amides is 2. The fourth-order valence-electron chi connectivity index (χ4n) is 5.10. The topological polar surface area (TPSA) is 85.4 Å². The molecule has 5 rings (SSSR count). The molecular formula is C30H29BrClN3O3S. The zero-order chi connectivity index (χ0) is 27.7. The lowest BCUT2D eigenvalue weighted by Gasteiger charge is -2.37. The number of hydrogen-bond acceptors (Lipinski definition) is 4. The molecule has 0 aliphatic carbocycles. The molecule has 2 heterocycles. The highest BCUT2D eigenvalue weighted by Gasteiger charge is 2.58. The molecule has 0 spiro atoms. The van der Waals surface area contributed by atoms with E-state index < -0.39 is 16.8 Å². The molecule has 1 unspecified atom stereocenters. The van der Waals surface area contributed by atoms with Crippen molar-refractivity contribution in [3.63, 3.8) is 0 Å². The molecule has 3 atom stereocenters. The Morgan fingerprint density at radius 1 is 1.21 bits per heavy atom. The van der Waals surface area contributed by atoms with Gasteiger partial charge in [-0.1, -0.05) is 63.4 Å². The van der Waals surface area contributed by atoms with Crippen LogP contribution < -0.4 is 5.32 Å². The fourth-order valence-corrected chi connectivity index (χ4v) is 6.94. The molecule has 4 aromatic rings. The van der Waals surface area contributed by atoms with Gasteiger partial charge in [-0.25, -0.2) is 0 Å². The van der Waals surface area contributed by atoms with E-state index in [-0.39, 0.29) is 24.8 Å². The Labute approximate surface area is 245 Å². The number of aromatic nitrogens is 1. The third kappa shape index (κ3) is 5.61. The molecule has 0 saturated carbocycles. The van der Waals surface area contributed by atoms with Gasteiger partial charge in [0.15, 0.2) is 0 Å². The van der Waals surface area contributed by atoms with Gasteiger partial charge in [0.2, 0.25) is 11.8 Å². The largest absolute Gasteiger partial charge is 0.394 e. The Bertz CT molecular complexity index is 1510. The maximum atomic E-state index is 14.2. The molecule has 6 nitrogen and oxygen atoms in total. The highest BCUT2D eigenvalue weighted by Crippen LogP contribution is 2.54. The molecule has 1 aromatic heterocycles. The Kier molecular flexibility index (Phi) is 8.10. The summed E-state index contributed by atoms with van der Waals surface area (Å²) in [5, 5.41) is 14.2. The van der Waals surface area contributed by atoms with Crippen LogP contribution >= 0.6 is 39.3 Å². The summed E-state index contributed by atoms with van der Waals surface area (Å²) in [7, 11) is 0. The number of fused-ring (bicyclic) bond motifs is 1. The smallest absolute Gasteiger partial charge is 0.239 e. The van der Waals surface area contributed by atoms with E-state index in [1.165, 1.54) is 11.8 Å². The van der Waals surface area contributed by atoms with Crippen molar-refractivity contribution in [2.75, 3.05) is 6.61 Å². The summed E-state index contributed by atoms with van der Waals surface area (Å²) < 4.78 is -0.245. The van der Waals surface area contributed by atoms with Gasteiger partial charge in [0.05, 0.1) is 19.1 Å². The van der Waals surface area contributed by atoms with Crippen LogP contribution in [0.3, 0.4) is 0 Å². The number of aromatic amines is 1. The summed E-state index contributed by atoms with van der Waals surface area (Å²) in [5.41, 5.74) is 3.74. The quantitative estimate of drug-likeness (QED) is 0.212. The number of benzene rings is 3. The van der Waals surface area contributed by atoms with Crippen molar-refractivity contribution >= 4 is 62.0 Å². The molecule has 2 amide bonds. The fraction of sp³-hybridized carbons (Fsp3) is 0.267.